The molecular formula is C29H26ClNO6. The molecule has 2 heterocycles. The van der Waals surface area contributed by atoms with Crippen LogP contribution in [-0.4, -0.2) is 31.6 Å². The lowest BCUT2D eigenvalue weighted by atomic mass is 9.97. The maximum absolute atomic E-state index is 13.8. The number of fused-ring (bicyclic) bond motifs is 2. The van der Waals surface area contributed by atoms with Gasteiger partial charge in [0.05, 0.1) is 37.8 Å². The van der Waals surface area contributed by atoms with Gasteiger partial charge in [-0.1, -0.05) is 29.8 Å². The van der Waals surface area contributed by atoms with Crippen LogP contribution in [0.4, 0.5) is 0 Å². The summed E-state index contributed by atoms with van der Waals surface area (Å²) in [6.45, 7) is 4.43. The van der Waals surface area contributed by atoms with Crippen LogP contribution in [0, 0.1) is 6.92 Å². The number of ether oxygens (including phenoxy) is 3. The Bertz CT molecular complexity index is 1560. The molecule has 0 saturated heterocycles. The summed E-state index contributed by atoms with van der Waals surface area (Å²) in [6.07, 6.45) is 0. The maximum Gasteiger partial charge on any atom is 0.291 e. The number of hydrogen-bond donors (Lipinski definition) is 0. The van der Waals surface area contributed by atoms with Crippen molar-refractivity contribution in [2.45, 2.75) is 26.4 Å². The topological polar surface area (TPSA) is 78.2 Å². The van der Waals surface area contributed by atoms with Crippen molar-refractivity contribution in [1.82, 2.24) is 4.90 Å². The fourth-order valence-corrected chi connectivity index (χ4v) is 4.87. The van der Waals surface area contributed by atoms with E-state index >= 15 is 0 Å². The monoisotopic (exact) mass is 519 g/mol. The predicted octanol–water partition coefficient (Wildman–Crippen LogP) is 5.92. The van der Waals surface area contributed by atoms with E-state index in [1.165, 1.54) is 0 Å². The number of halogens is 1. The van der Waals surface area contributed by atoms with Crippen LogP contribution in [0.5, 0.6) is 17.2 Å². The van der Waals surface area contributed by atoms with Gasteiger partial charge in [0.25, 0.3) is 5.91 Å². The van der Waals surface area contributed by atoms with E-state index in [0.717, 1.165) is 11.1 Å². The van der Waals surface area contributed by atoms with Gasteiger partial charge in [-0.25, -0.2) is 0 Å². The van der Waals surface area contributed by atoms with Gasteiger partial charge in [0.15, 0.2) is 16.9 Å². The second-order valence-corrected chi connectivity index (χ2v) is 9.21. The highest BCUT2D eigenvalue weighted by molar-refractivity contribution is 6.32. The SMILES string of the molecule is CCOc1ccc(C2c3c(oc4cc(C)c(Cl)cc4c3=O)C(=O)N2Cc2ccc(OC)cc2)cc1OC. The second-order valence-electron chi connectivity index (χ2n) is 8.80. The van der Waals surface area contributed by atoms with Crippen LogP contribution < -0.4 is 19.6 Å². The Morgan fingerprint density at radius 1 is 0.973 bits per heavy atom. The molecule has 4 aromatic rings. The van der Waals surface area contributed by atoms with E-state index in [9.17, 15) is 9.59 Å². The fourth-order valence-electron chi connectivity index (χ4n) is 4.71. The minimum Gasteiger partial charge on any atom is -0.497 e. The molecule has 37 heavy (non-hydrogen) atoms. The second kappa shape index (κ2) is 9.82. The number of nitrogens with zero attached hydrogens (tertiary/aromatic N) is 1. The van der Waals surface area contributed by atoms with Crippen molar-refractivity contribution in [3.05, 3.63) is 97.9 Å². The first-order chi connectivity index (χ1) is 17.9. The van der Waals surface area contributed by atoms with E-state index in [0.29, 0.717) is 45.4 Å². The van der Waals surface area contributed by atoms with Crippen LogP contribution in [-0.2, 0) is 6.54 Å². The number of carbonyl (C=O) groups excluding carboxylic acids is 1. The lowest BCUT2D eigenvalue weighted by Crippen LogP contribution is -2.29. The van der Waals surface area contributed by atoms with E-state index < -0.39 is 6.04 Å². The van der Waals surface area contributed by atoms with Gasteiger partial charge in [0.1, 0.15) is 11.3 Å². The molecule has 0 aliphatic carbocycles. The molecule has 1 unspecified atom stereocenters. The highest BCUT2D eigenvalue weighted by Crippen LogP contribution is 2.42. The van der Waals surface area contributed by atoms with Gasteiger partial charge >= 0.3 is 0 Å². The summed E-state index contributed by atoms with van der Waals surface area (Å²) in [4.78, 5) is 29.3. The fraction of sp³-hybridized carbons (Fsp3) is 0.241. The normalized spacial score (nSPS) is 14.7. The minimum absolute atomic E-state index is 0.0329. The molecule has 7 nitrogen and oxygen atoms in total. The zero-order valence-electron chi connectivity index (χ0n) is 21.0. The molecule has 1 aromatic heterocycles. The van der Waals surface area contributed by atoms with Gasteiger partial charge in [-0.2, -0.15) is 0 Å². The van der Waals surface area contributed by atoms with Crippen molar-refractivity contribution in [2.24, 2.45) is 0 Å². The molecule has 0 bridgehead atoms. The molecule has 8 heteroatoms. The first kappa shape index (κ1) is 24.7. The van der Waals surface area contributed by atoms with Crippen LogP contribution in [0.3, 0.4) is 0 Å². The molecule has 190 valence electrons. The molecule has 0 N–H and O–H groups in total. The summed E-state index contributed by atoms with van der Waals surface area (Å²) in [5.41, 5.74) is 2.64. The minimum atomic E-state index is -0.699. The van der Waals surface area contributed by atoms with Crippen molar-refractivity contribution < 1.29 is 23.4 Å². The molecule has 0 radical (unpaired) electrons. The zero-order valence-corrected chi connectivity index (χ0v) is 21.7. The molecule has 0 saturated carbocycles. The Hall–Kier alpha value is -3.97. The van der Waals surface area contributed by atoms with Crippen LogP contribution in [0.2, 0.25) is 5.02 Å². The van der Waals surface area contributed by atoms with Crippen LogP contribution in [0.15, 0.2) is 63.8 Å². The van der Waals surface area contributed by atoms with Gasteiger partial charge in [-0.05, 0) is 66.9 Å². The van der Waals surface area contributed by atoms with Crippen molar-refractivity contribution >= 4 is 28.5 Å². The van der Waals surface area contributed by atoms with E-state index in [-0.39, 0.29) is 29.2 Å². The third-order valence-electron chi connectivity index (χ3n) is 6.56. The van der Waals surface area contributed by atoms with E-state index in [4.69, 9.17) is 30.2 Å². The molecule has 1 aliphatic heterocycles. The molecule has 0 spiro atoms. The number of amides is 1. The number of methoxy groups -OCH3 is 2. The number of benzene rings is 3. The Kier molecular flexibility index (Phi) is 6.56. The van der Waals surface area contributed by atoms with E-state index in [1.807, 2.05) is 44.2 Å². The van der Waals surface area contributed by atoms with Gasteiger partial charge < -0.3 is 23.5 Å². The summed E-state index contributed by atoms with van der Waals surface area (Å²) in [7, 11) is 3.15. The van der Waals surface area contributed by atoms with Crippen LogP contribution in [0.1, 0.15) is 45.8 Å². The number of rotatable bonds is 7. The number of aryl methyl sites for hydroxylation is 1. The van der Waals surface area contributed by atoms with Gasteiger partial charge in [0, 0.05) is 11.6 Å². The average molecular weight is 520 g/mol. The summed E-state index contributed by atoms with van der Waals surface area (Å²) in [5.74, 6) is 1.46. The quantitative estimate of drug-likeness (QED) is 0.302. The summed E-state index contributed by atoms with van der Waals surface area (Å²) in [6, 6.07) is 15.5. The largest absolute Gasteiger partial charge is 0.497 e. The molecule has 0 fully saturated rings. The Morgan fingerprint density at radius 2 is 1.73 bits per heavy atom. The molecule has 3 aromatic carbocycles. The molecule has 1 atom stereocenters. The van der Waals surface area contributed by atoms with Gasteiger partial charge in [-0.3, -0.25) is 9.59 Å². The third-order valence-corrected chi connectivity index (χ3v) is 6.97. The average Bonchev–Trinajstić information content (AvgIpc) is 3.17. The Balaban J connectivity index is 1.70. The Labute approximate surface area is 219 Å². The van der Waals surface area contributed by atoms with E-state index in [1.54, 1.807) is 43.4 Å². The van der Waals surface area contributed by atoms with Gasteiger partial charge in [0.2, 0.25) is 5.76 Å². The van der Waals surface area contributed by atoms with Gasteiger partial charge in [-0.15, -0.1) is 0 Å². The number of hydrogen-bond acceptors (Lipinski definition) is 6. The highest BCUT2D eigenvalue weighted by Gasteiger charge is 2.43. The molecule has 5 rings (SSSR count). The lowest BCUT2D eigenvalue weighted by molar-refractivity contribution is 0.0714. The molecular weight excluding hydrogens is 494 g/mol. The Morgan fingerprint density at radius 3 is 2.41 bits per heavy atom. The lowest BCUT2D eigenvalue weighted by Gasteiger charge is -2.26. The maximum atomic E-state index is 13.8. The zero-order chi connectivity index (χ0) is 26.3. The first-order valence-corrected chi connectivity index (χ1v) is 12.3. The van der Waals surface area contributed by atoms with Crippen molar-refractivity contribution in [3.8, 4) is 17.2 Å². The smallest absolute Gasteiger partial charge is 0.291 e. The van der Waals surface area contributed by atoms with Crippen molar-refractivity contribution in [1.29, 1.82) is 0 Å². The highest BCUT2D eigenvalue weighted by atomic mass is 35.5. The predicted molar refractivity (Wildman–Crippen MR) is 141 cm³/mol. The molecule has 1 aliphatic rings. The third kappa shape index (κ3) is 4.29. The van der Waals surface area contributed by atoms with Crippen molar-refractivity contribution in [3.63, 3.8) is 0 Å². The summed E-state index contributed by atoms with van der Waals surface area (Å²) >= 11 is 6.34. The molecule has 1 amide bonds. The standard InChI is InChI=1S/C29H26ClNO6/c1-5-36-22-11-8-18(13-24(22)35-4)26-25-27(32)20-14-21(30)16(2)12-23(20)37-28(25)29(33)31(26)15-17-6-9-19(34-3)10-7-17/h6-14,26H,5,15H2,1-4H3. The summed E-state index contributed by atoms with van der Waals surface area (Å²) in [5, 5.41) is 0.787. The first-order valence-electron chi connectivity index (χ1n) is 11.9. The van der Waals surface area contributed by atoms with Crippen molar-refractivity contribution in [2.75, 3.05) is 20.8 Å². The van der Waals surface area contributed by atoms with Crippen LogP contribution in [0.25, 0.3) is 11.0 Å². The van der Waals surface area contributed by atoms with Crippen LogP contribution >= 0.6 is 11.6 Å². The number of carbonyl (C=O) groups is 1. The van der Waals surface area contributed by atoms with E-state index in [2.05, 4.69) is 0 Å². The summed E-state index contributed by atoms with van der Waals surface area (Å²) < 4.78 is 22.6.